The molecule has 0 saturated heterocycles. The van der Waals surface area contributed by atoms with Gasteiger partial charge in [0.2, 0.25) is 0 Å². The quantitative estimate of drug-likeness (QED) is 0.341. The molecule has 7 heteroatoms. The average Bonchev–Trinajstić information content (AvgIpc) is 3.22. The van der Waals surface area contributed by atoms with Crippen molar-refractivity contribution in [3.05, 3.63) is 64.7 Å². The third kappa shape index (κ3) is 5.49. The molecule has 0 aliphatic rings. The van der Waals surface area contributed by atoms with Gasteiger partial charge in [-0.05, 0) is 64.8 Å². The molecule has 0 unspecified atom stereocenters. The molecular weight excluding hydrogens is 374 g/mol. The zero-order chi connectivity index (χ0) is 21.5. The number of aromatic nitrogens is 4. The highest BCUT2D eigenvalue weighted by Gasteiger charge is 2.09. The van der Waals surface area contributed by atoms with Crippen molar-refractivity contribution in [1.29, 1.82) is 0 Å². The summed E-state index contributed by atoms with van der Waals surface area (Å²) < 4.78 is 4.06. The molecule has 0 aliphatic heterocycles. The van der Waals surface area contributed by atoms with Crippen LogP contribution in [0.3, 0.4) is 0 Å². The van der Waals surface area contributed by atoms with Crippen LogP contribution in [0, 0.1) is 27.7 Å². The Balaban J connectivity index is 1.63. The van der Waals surface area contributed by atoms with E-state index in [0.29, 0.717) is 6.54 Å². The maximum atomic E-state index is 4.80. The third-order valence-corrected chi connectivity index (χ3v) is 4.92. The Morgan fingerprint density at radius 3 is 2.37 bits per heavy atom. The highest BCUT2D eigenvalue weighted by molar-refractivity contribution is 5.79. The average molecular weight is 408 g/mol. The van der Waals surface area contributed by atoms with Crippen molar-refractivity contribution < 1.29 is 0 Å². The number of hydrogen-bond acceptors (Lipinski definition) is 3. The molecule has 2 aromatic heterocycles. The van der Waals surface area contributed by atoms with Gasteiger partial charge in [-0.3, -0.25) is 4.68 Å². The highest BCUT2D eigenvalue weighted by atomic mass is 15.3. The molecule has 0 aliphatic carbocycles. The summed E-state index contributed by atoms with van der Waals surface area (Å²) >= 11 is 0. The number of rotatable bonds is 8. The second-order valence-electron chi connectivity index (χ2n) is 7.59. The summed E-state index contributed by atoms with van der Waals surface area (Å²) in [5.74, 6) is 0.828. The molecule has 0 atom stereocenters. The minimum atomic E-state index is 0.585. The molecule has 0 saturated carbocycles. The van der Waals surface area contributed by atoms with Crippen LogP contribution in [0.5, 0.6) is 0 Å². The van der Waals surface area contributed by atoms with E-state index in [1.165, 1.54) is 5.69 Å². The number of nitrogens with one attached hydrogen (secondary N) is 2. The number of hydrogen-bond donors (Lipinski definition) is 2. The minimum Gasteiger partial charge on any atom is -0.357 e. The van der Waals surface area contributed by atoms with Gasteiger partial charge < -0.3 is 10.6 Å². The second kappa shape index (κ2) is 10.1. The van der Waals surface area contributed by atoms with Crippen LogP contribution in [-0.4, -0.2) is 38.6 Å². The zero-order valence-electron chi connectivity index (χ0n) is 18.7. The Hall–Kier alpha value is -3.09. The van der Waals surface area contributed by atoms with Crippen molar-refractivity contribution in [3.8, 4) is 5.69 Å². The number of nitrogens with zero attached hydrogens (tertiary/aromatic N) is 5. The van der Waals surface area contributed by atoms with Gasteiger partial charge in [-0.1, -0.05) is 18.2 Å². The smallest absolute Gasteiger partial charge is 0.191 e. The Morgan fingerprint density at radius 2 is 1.70 bits per heavy atom. The summed E-state index contributed by atoms with van der Waals surface area (Å²) in [5, 5.41) is 15.9. The lowest BCUT2D eigenvalue weighted by molar-refractivity contribution is 0.555. The normalized spacial score (nSPS) is 11.7. The van der Waals surface area contributed by atoms with Crippen molar-refractivity contribution in [2.75, 3.05) is 13.1 Å². The monoisotopic (exact) mass is 407 g/mol. The van der Waals surface area contributed by atoms with Crippen molar-refractivity contribution in [1.82, 2.24) is 30.2 Å². The Bertz CT molecular complexity index is 997. The molecule has 0 fully saturated rings. The van der Waals surface area contributed by atoms with Crippen LogP contribution in [0.25, 0.3) is 5.69 Å². The maximum Gasteiger partial charge on any atom is 0.191 e. The minimum absolute atomic E-state index is 0.585. The molecule has 2 heterocycles. The van der Waals surface area contributed by atoms with Crippen LogP contribution in [0.15, 0.2) is 41.4 Å². The van der Waals surface area contributed by atoms with Gasteiger partial charge in [-0.25, -0.2) is 9.67 Å². The van der Waals surface area contributed by atoms with Crippen LogP contribution in [-0.2, 0) is 13.1 Å². The molecule has 3 rings (SSSR count). The lowest BCUT2D eigenvalue weighted by Gasteiger charge is -2.13. The number of benzene rings is 1. The molecule has 30 heavy (non-hydrogen) atoms. The van der Waals surface area contributed by atoms with Crippen LogP contribution in [0.1, 0.15) is 41.7 Å². The fraction of sp³-hybridized carbons (Fsp3) is 0.435. The first-order valence-corrected chi connectivity index (χ1v) is 10.6. The number of para-hydroxylation sites is 1. The van der Waals surface area contributed by atoms with E-state index in [1.54, 1.807) is 0 Å². The lowest BCUT2D eigenvalue weighted by Crippen LogP contribution is -2.38. The van der Waals surface area contributed by atoms with Gasteiger partial charge in [0, 0.05) is 31.0 Å². The Labute approximate surface area is 179 Å². The van der Waals surface area contributed by atoms with Crippen molar-refractivity contribution in [2.45, 2.75) is 54.1 Å². The fourth-order valence-electron chi connectivity index (χ4n) is 3.57. The SMILES string of the molecule is CCNC(=NCc1ccccc1-n1nc(C)cc1C)NCCCn1nc(C)cc1C. The number of aliphatic imine (C=N–C) groups is 1. The molecule has 0 amide bonds. The predicted octanol–water partition coefficient (Wildman–Crippen LogP) is 3.45. The summed E-state index contributed by atoms with van der Waals surface area (Å²) in [5.41, 5.74) is 6.63. The van der Waals surface area contributed by atoms with E-state index in [1.807, 2.05) is 24.6 Å². The molecule has 7 nitrogen and oxygen atoms in total. The fourth-order valence-corrected chi connectivity index (χ4v) is 3.57. The summed E-state index contributed by atoms with van der Waals surface area (Å²) in [7, 11) is 0. The molecule has 0 spiro atoms. The molecule has 0 bridgehead atoms. The maximum absolute atomic E-state index is 4.80. The van der Waals surface area contributed by atoms with E-state index in [2.05, 4.69) is 76.6 Å². The predicted molar refractivity (Wildman–Crippen MR) is 122 cm³/mol. The lowest BCUT2D eigenvalue weighted by atomic mass is 10.2. The van der Waals surface area contributed by atoms with E-state index in [-0.39, 0.29) is 0 Å². The molecule has 0 radical (unpaired) electrons. The van der Waals surface area contributed by atoms with E-state index in [0.717, 1.165) is 60.3 Å². The van der Waals surface area contributed by atoms with Gasteiger partial charge in [-0.2, -0.15) is 10.2 Å². The molecule has 1 aromatic carbocycles. The Morgan fingerprint density at radius 1 is 0.967 bits per heavy atom. The molecule has 3 aromatic rings. The van der Waals surface area contributed by atoms with Gasteiger partial charge >= 0.3 is 0 Å². The third-order valence-electron chi connectivity index (χ3n) is 4.92. The van der Waals surface area contributed by atoms with Gasteiger partial charge in [0.1, 0.15) is 0 Å². The first-order valence-electron chi connectivity index (χ1n) is 10.6. The largest absolute Gasteiger partial charge is 0.357 e. The first-order chi connectivity index (χ1) is 14.5. The first kappa shape index (κ1) is 21.6. The summed E-state index contributed by atoms with van der Waals surface area (Å²) in [6.45, 7) is 13.4. The summed E-state index contributed by atoms with van der Waals surface area (Å²) in [6.07, 6.45) is 0.981. The van der Waals surface area contributed by atoms with Gasteiger partial charge in [-0.15, -0.1) is 0 Å². The second-order valence-corrected chi connectivity index (χ2v) is 7.59. The van der Waals surface area contributed by atoms with Gasteiger partial charge in [0.15, 0.2) is 5.96 Å². The van der Waals surface area contributed by atoms with Crippen molar-refractivity contribution in [3.63, 3.8) is 0 Å². The summed E-state index contributed by atoms with van der Waals surface area (Å²) in [4.78, 5) is 4.80. The van der Waals surface area contributed by atoms with Crippen LogP contribution < -0.4 is 10.6 Å². The Kier molecular flexibility index (Phi) is 7.27. The topological polar surface area (TPSA) is 72.1 Å². The molecular formula is C23H33N7. The van der Waals surface area contributed by atoms with Crippen LogP contribution >= 0.6 is 0 Å². The van der Waals surface area contributed by atoms with E-state index in [9.17, 15) is 0 Å². The number of aryl methyl sites for hydroxylation is 5. The van der Waals surface area contributed by atoms with E-state index >= 15 is 0 Å². The van der Waals surface area contributed by atoms with Crippen LogP contribution in [0.2, 0.25) is 0 Å². The zero-order valence-corrected chi connectivity index (χ0v) is 18.7. The van der Waals surface area contributed by atoms with Crippen LogP contribution in [0.4, 0.5) is 0 Å². The van der Waals surface area contributed by atoms with Crippen molar-refractivity contribution >= 4 is 5.96 Å². The summed E-state index contributed by atoms with van der Waals surface area (Å²) in [6, 6.07) is 12.5. The standard InChI is InChI=1S/C23H33N7/c1-6-24-23(25-12-9-13-29-19(4)14-17(2)27-29)26-16-21-10-7-8-11-22(21)30-20(5)15-18(3)28-30/h7-8,10-11,14-15H,6,9,12-13,16H2,1-5H3,(H2,24,25,26). The van der Waals surface area contributed by atoms with Crippen molar-refractivity contribution in [2.24, 2.45) is 4.99 Å². The molecule has 160 valence electrons. The molecule has 2 N–H and O–H groups in total. The van der Waals surface area contributed by atoms with E-state index < -0.39 is 0 Å². The highest BCUT2D eigenvalue weighted by Crippen LogP contribution is 2.17. The van der Waals surface area contributed by atoms with Gasteiger partial charge in [0.25, 0.3) is 0 Å². The number of guanidine groups is 1. The van der Waals surface area contributed by atoms with E-state index in [4.69, 9.17) is 4.99 Å². The van der Waals surface area contributed by atoms with Gasteiger partial charge in [0.05, 0.1) is 23.6 Å².